The molecule has 0 aliphatic carbocycles. The summed E-state index contributed by atoms with van der Waals surface area (Å²) in [6.07, 6.45) is 53.6. The second kappa shape index (κ2) is 46.2. The molecule has 0 saturated carbocycles. The van der Waals surface area contributed by atoms with Crippen LogP contribution in [0.25, 0.3) is 0 Å². The molecule has 0 aromatic heterocycles. The maximum atomic E-state index is 13.1. The molecule has 0 saturated heterocycles. The smallest absolute Gasteiger partial charge is 0.306 e. The topological polar surface area (TPSA) is 95.9 Å². The van der Waals surface area contributed by atoms with Gasteiger partial charge in [-0.05, 0) is 44.9 Å². The van der Waals surface area contributed by atoms with Gasteiger partial charge in [0.05, 0.1) is 25.2 Å². The lowest BCUT2D eigenvalue weighted by molar-refractivity contribution is -0.151. The van der Waals surface area contributed by atoms with Crippen LogP contribution in [-0.2, 0) is 14.3 Å². The normalized spacial score (nSPS) is 13.5. The van der Waals surface area contributed by atoms with Crippen molar-refractivity contribution in [3.8, 4) is 0 Å². The molecule has 0 rings (SSSR count). The predicted molar refractivity (Wildman–Crippen MR) is 250 cm³/mol. The first-order chi connectivity index (χ1) is 28.5. The van der Waals surface area contributed by atoms with E-state index in [1.165, 1.54) is 141 Å². The van der Waals surface area contributed by atoms with Crippen LogP contribution >= 0.6 is 0 Å². The summed E-state index contributed by atoms with van der Waals surface area (Å²) in [7, 11) is 0. The molecule has 6 heteroatoms. The van der Waals surface area contributed by atoms with Gasteiger partial charge in [-0.3, -0.25) is 9.59 Å². The van der Waals surface area contributed by atoms with Crippen LogP contribution in [0.4, 0.5) is 0 Å². The minimum absolute atomic E-state index is 0.0579. The molecule has 0 radical (unpaired) electrons. The van der Waals surface area contributed by atoms with Gasteiger partial charge in [-0.25, -0.2) is 0 Å². The number of carbonyl (C=O) groups excluding carboxylic acids is 2. The van der Waals surface area contributed by atoms with Gasteiger partial charge in [-0.1, -0.05) is 237 Å². The van der Waals surface area contributed by atoms with E-state index in [9.17, 15) is 19.8 Å². The quantitative estimate of drug-likeness (QED) is 0.0323. The molecule has 1 amide bonds. The van der Waals surface area contributed by atoms with Gasteiger partial charge in [-0.2, -0.15) is 0 Å². The molecule has 3 N–H and O–H groups in total. The molecular weight excluding hydrogens is 719 g/mol. The number of esters is 1. The van der Waals surface area contributed by atoms with E-state index >= 15 is 0 Å². The van der Waals surface area contributed by atoms with E-state index < -0.39 is 18.2 Å². The van der Waals surface area contributed by atoms with Crippen molar-refractivity contribution in [1.29, 1.82) is 0 Å². The zero-order valence-electron chi connectivity index (χ0n) is 38.7. The Morgan fingerprint density at radius 1 is 0.517 bits per heavy atom. The Morgan fingerprint density at radius 2 is 0.931 bits per heavy atom. The Morgan fingerprint density at radius 3 is 1.40 bits per heavy atom. The van der Waals surface area contributed by atoms with Gasteiger partial charge >= 0.3 is 5.97 Å². The number of nitrogens with one attached hydrogen (secondary N) is 1. The van der Waals surface area contributed by atoms with Crippen LogP contribution in [0.3, 0.4) is 0 Å². The highest BCUT2D eigenvalue weighted by Gasteiger charge is 2.24. The fraction of sp³-hybridized carbons (Fsp3) is 0.846. The summed E-state index contributed by atoms with van der Waals surface area (Å²) >= 11 is 0. The second-order valence-electron chi connectivity index (χ2n) is 17.3. The highest BCUT2D eigenvalue weighted by molar-refractivity contribution is 5.77. The number of carbonyl (C=O) groups is 2. The van der Waals surface area contributed by atoms with E-state index in [-0.39, 0.29) is 24.9 Å². The predicted octanol–water partition coefficient (Wildman–Crippen LogP) is 14.9. The highest BCUT2D eigenvalue weighted by atomic mass is 16.5. The van der Waals surface area contributed by atoms with Crippen molar-refractivity contribution >= 4 is 11.9 Å². The van der Waals surface area contributed by atoms with Crippen LogP contribution in [0.5, 0.6) is 0 Å². The number of unbranched alkanes of at least 4 members (excludes halogenated alkanes) is 29. The second-order valence-corrected chi connectivity index (χ2v) is 17.3. The van der Waals surface area contributed by atoms with Crippen molar-refractivity contribution in [3.05, 3.63) is 36.5 Å². The van der Waals surface area contributed by atoms with Crippen molar-refractivity contribution in [2.24, 2.45) is 0 Å². The SMILES string of the molecule is CC/C=C/C=C/C=C\CCCCCC(CC(=O)NC(CO)C(O)CCCCCCCCCCCC)OC(=O)CCCCCCCCCCCCCCCCCCCC. The number of ether oxygens (including phenoxy) is 1. The van der Waals surface area contributed by atoms with Crippen molar-refractivity contribution in [2.45, 2.75) is 277 Å². The van der Waals surface area contributed by atoms with Crippen LogP contribution in [0.15, 0.2) is 36.5 Å². The first-order valence-corrected chi connectivity index (χ1v) is 25.2. The molecular formula is C52H97NO5. The maximum Gasteiger partial charge on any atom is 0.306 e. The Bertz CT molecular complexity index is 961. The lowest BCUT2D eigenvalue weighted by Crippen LogP contribution is -2.46. The van der Waals surface area contributed by atoms with E-state index in [0.29, 0.717) is 19.3 Å². The lowest BCUT2D eigenvalue weighted by Gasteiger charge is -2.24. The monoisotopic (exact) mass is 816 g/mol. The van der Waals surface area contributed by atoms with Crippen LogP contribution in [-0.4, -0.2) is 46.9 Å². The third kappa shape index (κ3) is 40.8. The summed E-state index contributed by atoms with van der Waals surface area (Å²) < 4.78 is 5.91. The first kappa shape index (κ1) is 56.1. The zero-order valence-corrected chi connectivity index (χ0v) is 38.7. The molecule has 0 heterocycles. The molecule has 6 nitrogen and oxygen atoms in total. The molecule has 3 unspecified atom stereocenters. The average Bonchev–Trinajstić information content (AvgIpc) is 3.22. The maximum absolute atomic E-state index is 13.1. The van der Waals surface area contributed by atoms with E-state index in [4.69, 9.17) is 4.74 Å². The molecule has 0 bridgehead atoms. The van der Waals surface area contributed by atoms with E-state index in [1.54, 1.807) is 0 Å². The molecule has 58 heavy (non-hydrogen) atoms. The van der Waals surface area contributed by atoms with Gasteiger partial charge in [0, 0.05) is 6.42 Å². The van der Waals surface area contributed by atoms with Gasteiger partial charge in [0.15, 0.2) is 0 Å². The zero-order chi connectivity index (χ0) is 42.4. The Hall–Kier alpha value is -1.92. The fourth-order valence-corrected chi connectivity index (χ4v) is 7.73. The van der Waals surface area contributed by atoms with E-state index in [1.807, 2.05) is 6.08 Å². The number of aliphatic hydroxyl groups excluding tert-OH is 2. The average molecular weight is 816 g/mol. The number of hydrogen-bond donors (Lipinski definition) is 3. The van der Waals surface area contributed by atoms with E-state index in [0.717, 1.165) is 70.6 Å². The number of allylic oxidation sites excluding steroid dienone is 6. The Kier molecular flexibility index (Phi) is 44.6. The molecule has 0 fully saturated rings. The van der Waals surface area contributed by atoms with Gasteiger partial charge in [0.2, 0.25) is 5.91 Å². The van der Waals surface area contributed by atoms with Crippen LogP contribution in [0.1, 0.15) is 258 Å². The van der Waals surface area contributed by atoms with Crippen molar-refractivity contribution in [3.63, 3.8) is 0 Å². The summed E-state index contributed by atoms with van der Waals surface area (Å²) in [5, 5.41) is 23.6. The summed E-state index contributed by atoms with van der Waals surface area (Å²) in [6, 6.07) is -0.708. The number of hydrogen-bond acceptors (Lipinski definition) is 5. The summed E-state index contributed by atoms with van der Waals surface area (Å²) in [5.41, 5.74) is 0. The number of aliphatic hydroxyl groups is 2. The van der Waals surface area contributed by atoms with Crippen molar-refractivity contribution in [1.82, 2.24) is 5.32 Å². The molecule has 0 spiro atoms. The van der Waals surface area contributed by atoms with Crippen LogP contribution < -0.4 is 5.32 Å². The van der Waals surface area contributed by atoms with Crippen LogP contribution in [0.2, 0.25) is 0 Å². The Labute approximate surface area is 360 Å². The Balaban J connectivity index is 4.49. The molecule has 3 atom stereocenters. The minimum atomic E-state index is -0.793. The highest BCUT2D eigenvalue weighted by Crippen LogP contribution is 2.18. The third-order valence-electron chi connectivity index (χ3n) is 11.5. The number of rotatable bonds is 45. The first-order valence-electron chi connectivity index (χ1n) is 25.2. The molecule has 340 valence electrons. The summed E-state index contributed by atoms with van der Waals surface area (Å²) in [5.74, 6) is -0.500. The van der Waals surface area contributed by atoms with Crippen molar-refractivity contribution < 1.29 is 24.5 Å². The van der Waals surface area contributed by atoms with Gasteiger partial charge in [0.25, 0.3) is 0 Å². The largest absolute Gasteiger partial charge is 0.462 e. The number of amides is 1. The van der Waals surface area contributed by atoms with E-state index in [2.05, 4.69) is 56.5 Å². The van der Waals surface area contributed by atoms with Crippen LogP contribution in [0, 0.1) is 0 Å². The lowest BCUT2D eigenvalue weighted by atomic mass is 10.0. The van der Waals surface area contributed by atoms with Crippen molar-refractivity contribution in [2.75, 3.05) is 6.61 Å². The third-order valence-corrected chi connectivity index (χ3v) is 11.5. The molecule has 0 aromatic rings. The summed E-state index contributed by atoms with van der Waals surface area (Å²) in [6.45, 7) is 6.34. The standard InChI is InChI=1S/C52H97NO5/c1-4-7-10-13-16-19-22-23-24-25-26-27-28-30-33-36-39-42-45-52(57)58-48(43-40-37-34-31-29-20-17-14-11-8-5-2)46-51(56)53-49(47-54)50(55)44-41-38-35-32-21-18-15-12-9-6-3/h8,11,14,17,20,29,48-50,54-55H,4-7,9-10,12-13,15-16,18-19,21-28,30-47H2,1-3H3,(H,53,56)/b11-8+,17-14+,29-20-. The molecule has 0 aliphatic heterocycles. The van der Waals surface area contributed by atoms with Gasteiger partial charge in [-0.15, -0.1) is 0 Å². The minimum Gasteiger partial charge on any atom is -0.462 e. The van der Waals surface area contributed by atoms with Gasteiger partial charge < -0.3 is 20.3 Å². The van der Waals surface area contributed by atoms with Gasteiger partial charge in [0.1, 0.15) is 6.10 Å². The molecule has 0 aromatic carbocycles. The summed E-state index contributed by atoms with van der Waals surface area (Å²) in [4.78, 5) is 26.1. The molecule has 0 aliphatic rings. The fourth-order valence-electron chi connectivity index (χ4n) is 7.73.